The lowest BCUT2D eigenvalue weighted by atomic mass is 9.97. The highest BCUT2D eigenvalue weighted by Gasteiger charge is 2.33. The first kappa shape index (κ1) is 26.2. The molecular weight excluding hydrogens is 452 g/mol. The number of nitrogens with one attached hydrogen (secondary N) is 2. The summed E-state index contributed by atoms with van der Waals surface area (Å²) in [6.45, 7) is 3.15. The molecule has 0 spiro atoms. The van der Waals surface area contributed by atoms with Gasteiger partial charge in [-0.25, -0.2) is 9.59 Å². The molecule has 0 saturated heterocycles. The molecule has 9 heteroatoms. The number of methoxy groups -OCH3 is 1. The largest absolute Gasteiger partial charge is 0.480 e. The molecule has 2 aromatic rings. The number of aliphatic carboxylic acids is 1. The van der Waals surface area contributed by atoms with Gasteiger partial charge in [0.25, 0.3) is 0 Å². The van der Waals surface area contributed by atoms with E-state index in [-0.39, 0.29) is 25.4 Å². The molecule has 0 bridgehead atoms. The van der Waals surface area contributed by atoms with Gasteiger partial charge in [-0.3, -0.25) is 4.79 Å². The van der Waals surface area contributed by atoms with Crippen LogP contribution in [0.15, 0.2) is 48.5 Å². The van der Waals surface area contributed by atoms with Crippen molar-refractivity contribution in [3.05, 3.63) is 59.7 Å². The molecule has 0 radical (unpaired) electrons. The average Bonchev–Trinajstić information content (AvgIpc) is 3.15. The van der Waals surface area contributed by atoms with Gasteiger partial charge in [-0.05, 0) is 36.1 Å². The first-order valence-corrected chi connectivity index (χ1v) is 11.5. The summed E-state index contributed by atoms with van der Waals surface area (Å²) in [5.41, 5.74) is 3.53. The number of carbonyl (C=O) groups is 3. The Labute approximate surface area is 204 Å². The number of carboxylic acids is 1. The third kappa shape index (κ3) is 6.37. The zero-order valence-corrected chi connectivity index (χ0v) is 20.1. The summed E-state index contributed by atoms with van der Waals surface area (Å²) in [5.74, 6) is -2.13. The van der Waals surface area contributed by atoms with Crippen molar-refractivity contribution in [2.24, 2.45) is 0 Å². The molecular formula is C26H32N2O7. The monoisotopic (exact) mass is 484 g/mol. The number of rotatable bonds is 11. The molecule has 0 fully saturated rings. The number of aliphatic hydroxyl groups is 1. The van der Waals surface area contributed by atoms with E-state index >= 15 is 0 Å². The number of hydrogen-bond donors (Lipinski definition) is 4. The lowest BCUT2D eigenvalue weighted by molar-refractivity contribution is -0.142. The van der Waals surface area contributed by atoms with Crippen LogP contribution in [-0.2, 0) is 19.1 Å². The standard InChI is InChI=1S/C26H32N2O7/c1-26(2,34-3)14-22(23(30)27-21(12-13-29)24(31)32)28-25(33)35-15-20-18-10-6-4-8-16(18)17-9-5-7-11-19(17)20/h4-11,20-22,29H,12-15H2,1-3H3,(H,27,30)(H,28,33)(H,31,32)/t21-,22?/m1/s1. The Morgan fingerprint density at radius 3 is 2.06 bits per heavy atom. The van der Waals surface area contributed by atoms with Crippen molar-refractivity contribution in [3.63, 3.8) is 0 Å². The third-order valence-electron chi connectivity index (χ3n) is 6.23. The zero-order chi connectivity index (χ0) is 25.6. The summed E-state index contributed by atoms with van der Waals surface area (Å²) in [7, 11) is 1.48. The molecule has 4 N–H and O–H groups in total. The van der Waals surface area contributed by atoms with Crippen LogP contribution in [-0.4, -0.2) is 66.2 Å². The van der Waals surface area contributed by atoms with Crippen molar-refractivity contribution in [2.45, 2.75) is 50.3 Å². The highest BCUT2D eigenvalue weighted by Crippen LogP contribution is 2.44. The number of amides is 2. The van der Waals surface area contributed by atoms with Gasteiger partial charge in [0.05, 0.1) is 5.60 Å². The van der Waals surface area contributed by atoms with E-state index in [1.165, 1.54) is 7.11 Å². The van der Waals surface area contributed by atoms with Gasteiger partial charge in [0.2, 0.25) is 5.91 Å². The molecule has 0 aliphatic heterocycles. The maximum absolute atomic E-state index is 12.9. The van der Waals surface area contributed by atoms with E-state index in [4.69, 9.17) is 14.6 Å². The van der Waals surface area contributed by atoms with Crippen molar-refractivity contribution in [3.8, 4) is 11.1 Å². The van der Waals surface area contributed by atoms with Gasteiger partial charge in [-0.2, -0.15) is 0 Å². The number of fused-ring (bicyclic) bond motifs is 3. The lowest BCUT2D eigenvalue weighted by Crippen LogP contribution is -2.54. The summed E-state index contributed by atoms with van der Waals surface area (Å²) in [5, 5.41) is 23.3. The molecule has 0 heterocycles. The Balaban J connectivity index is 1.71. The minimum atomic E-state index is -1.29. The van der Waals surface area contributed by atoms with Crippen LogP contribution in [0.5, 0.6) is 0 Å². The van der Waals surface area contributed by atoms with Crippen LogP contribution >= 0.6 is 0 Å². The van der Waals surface area contributed by atoms with Gasteiger partial charge in [0, 0.05) is 32.5 Å². The quantitative estimate of drug-likeness (QED) is 0.385. The van der Waals surface area contributed by atoms with Gasteiger partial charge < -0.3 is 30.3 Å². The topological polar surface area (TPSA) is 134 Å². The normalized spacial score (nSPS) is 14.4. The molecule has 0 aromatic heterocycles. The Morgan fingerprint density at radius 2 is 1.54 bits per heavy atom. The second-order valence-electron chi connectivity index (χ2n) is 9.10. The molecule has 3 rings (SSSR count). The molecule has 2 aromatic carbocycles. The maximum Gasteiger partial charge on any atom is 0.407 e. The molecule has 35 heavy (non-hydrogen) atoms. The van der Waals surface area contributed by atoms with E-state index in [1.54, 1.807) is 13.8 Å². The third-order valence-corrected chi connectivity index (χ3v) is 6.23. The van der Waals surface area contributed by atoms with E-state index in [1.807, 2.05) is 48.5 Å². The predicted molar refractivity (Wildman–Crippen MR) is 129 cm³/mol. The minimum absolute atomic E-state index is 0.0735. The molecule has 2 atom stereocenters. The van der Waals surface area contributed by atoms with Crippen LogP contribution < -0.4 is 10.6 Å². The molecule has 1 aliphatic rings. The fourth-order valence-corrected chi connectivity index (χ4v) is 4.23. The van der Waals surface area contributed by atoms with Crippen LogP contribution in [0.3, 0.4) is 0 Å². The number of carbonyl (C=O) groups excluding carboxylic acids is 2. The fraction of sp³-hybridized carbons (Fsp3) is 0.423. The van der Waals surface area contributed by atoms with E-state index in [0.29, 0.717) is 0 Å². The van der Waals surface area contributed by atoms with Crippen LogP contribution in [0.4, 0.5) is 4.79 Å². The van der Waals surface area contributed by atoms with Crippen molar-refractivity contribution >= 4 is 18.0 Å². The van der Waals surface area contributed by atoms with E-state index in [9.17, 15) is 19.5 Å². The number of hydrogen-bond acceptors (Lipinski definition) is 6. The minimum Gasteiger partial charge on any atom is -0.480 e. The predicted octanol–water partition coefficient (Wildman–Crippen LogP) is 2.66. The molecule has 2 amide bonds. The zero-order valence-electron chi connectivity index (χ0n) is 20.1. The van der Waals surface area contributed by atoms with Crippen molar-refractivity contribution in [2.75, 3.05) is 20.3 Å². The lowest BCUT2D eigenvalue weighted by Gasteiger charge is -2.29. The number of alkyl carbamates (subject to hydrolysis) is 1. The summed E-state index contributed by atoms with van der Waals surface area (Å²) in [4.78, 5) is 37.0. The van der Waals surface area contributed by atoms with E-state index in [0.717, 1.165) is 22.3 Å². The van der Waals surface area contributed by atoms with Gasteiger partial charge in [-0.1, -0.05) is 48.5 Å². The van der Waals surface area contributed by atoms with Gasteiger partial charge in [0.1, 0.15) is 18.7 Å². The Hall–Kier alpha value is -3.43. The first-order chi connectivity index (χ1) is 16.7. The number of aliphatic hydroxyl groups excluding tert-OH is 1. The average molecular weight is 485 g/mol. The van der Waals surface area contributed by atoms with Gasteiger partial charge >= 0.3 is 12.1 Å². The number of carboxylic acid groups (broad SMARTS) is 1. The highest BCUT2D eigenvalue weighted by atomic mass is 16.5. The number of ether oxygens (including phenoxy) is 2. The van der Waals surface area contributed by atoms with Crippen molar-refractivity contribution < 1.29 is 34.1 Å². The highest BCUT2D eigenvalue weighted by molar-refractivity contribution is 5.89. The molecule has 0 saturated carbocycles. The maximum atomic E-state index is 12.9. The molecule has 9 nitrogen and oxygen atoms in total. The van der Waals surface area contributed by atoms with Crippen molar-refractivity contribution in [1.82, 2.24) is 10.6 Å². The van der Waals surface area contributed by atoms with E-state index in [2.05, 4.69) is 10.6 Å². The van der Waals surface area contributed by atoms with Gasteiger partial charge in [-0.15, -0.1) is 0 Å². The summed E-state index contributed by atoms with van der Waals surface area (Å²) < 4.78 is 10.9. The first-order valence-electron chi connectivity index (χ1n) is 11.5. The Bertz CT molecular complexity index is 1020. The second kappa shape index (κ2) is 11.3. The second-order valence-corrected chi connectivity index (χ2v) is 9.10. The van der Waals surface area contributed by atoms with Crippen LogP contribution in [0.1, 0.15) is 43.7 Å². The van der Waals surface area contributed by atoms with E-state index < -0.39 is 42.3 Å². The Kier molecular flexibility index (Phi) is 8.48. The van der Waals surface area contributed by atoms with Gasteiger partial charge in [0.15, 0.2) is 0 Å². The van der Waals surface area contributed by atoms with Crippen LogP contribution in [0.2, 0.25) is 0 Å². The van der Waals surface area contributed by atoms with Crippen LogP contribution in [0, 0.1) is 0 Å². The summed E-state index contributed by atoms with van der Waals surface area (Å²) in [6, 6.07) is 13.5. The Morgan fingerprint density at radius 1 is 0.971 bits per heavy atom. The molecule has 1 aliphatic carbocycles. The van der Waals surface area contributed by atoms with Crippen molar-refractivity contribution in [1.29, 1.82) is 0 Å². The SMILES string of the molecule is COC(C)(C)CC(NC(=O)OCC1c2ccccc2-c2ccccc21)C(=O)N[C@H](CCO)C(=O)O. The summed E-state index contributed by atoms with van der Waals surface area (Å²) >= 11 is 0. The summed E-state index contributed by atoms with van der Waals surface area (Å²) in [6.07, 6.45) is -0.884. The smallest absolute Gasteiger partial charge is 0.407 e. The molecule has 188 valence electrons. The van der Waals surface area contributed by atoms with Crippen LogP contribution in [0.25, 0.3) is 11.1 Å². The number of benzene rings is 2. The molecule has 1 unspecified atom stereocenters. The fourth-order valence-electron chi connectivity index (χ4n) is 4.23.